The summed E-state index contributed by atoms with van der Waals surface area (Å²) in [7, 11) is 0. The molecule has 3 N–H and O–H groups in total. The number of rotatable bonds is 53. The van der Waals surface area contributed by atoms with Gasteiger partial charge in [-0.15, -0.1) is 0 Å². The number of aliphatic hydroxyl groups excluding tert-OH is 2. The lowest BCUT2D eigenvalue weighted by Gasteiger charge is -2.20. The molecule has 0 aromatic carbocycles. The fraction of sp³-hybridized carbons (Fsp3) is 0.930. The maximum Gasteiger partial charge on any atom is 0.305 e. The van der Waals surface area contributed by atoms with Crippen molar-refractivity contribution in [3.63, 3.8) is 0 Å². The van der Waals surface area contributed by atoms with E-state index < -0.39 is 12.1 Å². The number of aliphatic hydroxyl groups is 2. The lowest BCUT2D eigenvalue weighted by atomic mass is 10.0. The summed E-state index contributed by atoms with van der Waals surface area (Å²) in [4.78, 5) is 24.5. The summed E-state index contributed by atoms with van der Waals surface area (Å²) in [6.07, 6.45) is 62.3. The first-order valence-corrected chi connectivity index (χ1v) is 28.5. The van der Waals surface area contributed by atoms with Gasteiger partial charge in [0.05, 0.1) is 25.4 Å². The summed E-state index contributed by atoms with van der Waals surface area (Å²) in [5.74, 6) is -0.0640. The molecule has 0 aliphatic rings. The Hall–Kier alpha value is -1.40. The Bertz CT molecular complexity index is 939. The molecule has 0 aromatic heterocycles. The van der Waals surface area contributed by atoms with Crippen molar-refractivity contribution in [3.8, 4) is 0 Å². The summed E-state index contributed by atoms with van der Waals surface area (Å²) in [5.41, 5.74) is 0. The summed E-state index contributed by atoms with van der Waals surface area (Å²) in [6, 6.07) is -0.630. The van der Waals surface area contributed by atoms with Crippen LogP contribution in [0.15, 0.2) is 12.2 Å². The van der Waals surface area contributed by atoms with E-state index in [1.54, 1.807) is 6.08 Å². The van der Waals surface area contributed by atoms with Crippen LogP contribution in [0.25, 0.3) is 0 Å². The Morgan fingerprint density at radius 2 is 0.730 bits per heavy atom. The van der Waals surface area contributed by atoms with Crippen LogP contribution in [0.2, 0.25) is 0 Å². The molecule has 0 fully saturated rings. The summed E-state index contributed by atoms with van der Waals surface area (Å²) < 4.78 is 5.48. The highest BCUT2D eigenvalue weighted by molar-refractivity contribution is 5.76. The van der Waals surface area contributed by atoms with Gasteiger partial charge in [0.25, 0.3) is 0 Å². The van der Waals surface area contributed by atoms with E-state index in [4.69, 9.17) is 4.74 Å². The number of allylic oxidation sites excluding steroid dienone is 1. The first kappa shape index (κ1) is 61.6. The molecule has 0 aliphatic heterocycles. The molecular formula is C57H111NO5. The van der Waals surface area contributed by atoms with E-state index in [9.17, 15) is 19.8 Å². The Morgan fingerprint density at radius 3 is 1.08 bits per heavy atom. The minimum absolute atomic E-state index is 0.00821. The smallest absolute Gasteiger partial charge is 0.305 e. The number of amides is 1. The molecule has 0 aliphatic carbocycles. The van der Waals surface area contributed by atoms with Crippen molar-refractivity contribution < 1.29 is 24.5 Å². The summed E-state index contributed by atoms with van der Waals surface area (Å²) >= 11 is 0. The Balaban J connectivity index is 3.41. The third-order valence-electron chi connectivity index (χ3n) is 13.3. The van der Waals surface area contributed by atoms with E-state index in [0.29, 0.717) is 19.4 Å². The maximum absolute atomic E-state index is 12.4. The minimum Gasteiger partial charge on any atom is -0.466 e. The number of nitrogens with one attached hydrogen (secondary N) is 1. The van der Waals surface area contributed by atoms with Gasteiger partial charge in [0.2, 0.25) is 5.91 Å². The molecule has 0 saturated heterocycles. The summed E-state index contributed by atoms with van der Waals surface area (Å²) in [6.45, 7) is 4.91. The molecule has 0 aromatic rings. The molecule has 0 heterocycles. The first-order chi connectivity index (χ1) is 31.0. The largest absolute Gasteiger partial charge is 0.466 e. The molecular weight excluding hydrogens is 779 g/mol. The fourth-order valence-electron chi connectivity index (χ4n) is 8.93. The highest BCUT2D eigenvalue weighted by Gasteiger charge is 2.18. The number of carbonyl (C=O) groups is 2. The van der Waals surface area contributed by atoms with Crippen molar-refractivity contribution in [3.05, 3.63) is 12.2 Å². The van der Waals surface area contributed by atoms with E-state index in [1.807, 2.05) is 6.08 Å². The van der Waals surface area contributed by atoms with E-state index >= 15 is 0 Å². The van der Waals surface area contributed by atoms with E-state index in [-0.39, 0.29) is 18.5 Å². The van der Waals surface area contributed by atoms with Crippen molar-refractivity contribution in [2.24, 2.45) is 0 Å². The molecule has 2 atom stereocenters. The molecule has 0 bridgehead atoms. The van der Waals surface area contributed by atoms with Gasteiger partial charge in [0.1, 0.15) is 0 Å². The fourth-order valence-corrected chi connectivity index (χ4v) is 8.93. The molecule has 0 spiro atoms. The average Bonchev–Trinajstić information content (AvgIpc) is 3.28. The Morgan fingerprint density at radius 1 is 0.429 bits per heavy atom. The zero-order valence-electron chi connectivity index (χ0n) is 42.6. The molecule has 2 unspecified atom stereocenters. The molecule has 1 amide bonds. The third-order valence-corrected chi connectivity index (χ3v) is 13.3. The first-order valence-electron chi connectivity index (χ1n) is 28.5. The van der Waals surface area contributed by atoms with Crippen molar-refractivity contribution in [1.29, 1.82) is 0 Å². The average molecular weight is 891 g/mol. The van der Waals surface area contributed by atoms with Crippen LogP contribution in [-0.2, 0) is 14.3 Å². The van der Waals surface area contributed by atoms with Crippen LogP contribution in [0, 0.1) is 0 Å². The topological polar surface area (TPSA) is 95.9 Å². The highest BCUT2D eigenvalue weighted by Crippen LogP contribution is 2.17. The van der Waals surface area contributed by atoms with Gasteiger partial charge in [0.15, 0.2) is 0 Å². The molecule has 63 heavy (non-hydrogen) atoms. The normalized spacial score (nSPS) is 12.6. The number of hydrogen-bond donors (Lipinski definition) is 3. The van der Waals surface area contributed by atoms with Crippen molar-refractivity contribution in [2.45, 2.75) is 328 Å². The van der Waals surface area contributed by atoms with Crippen LogP contribution in [0.1, 0.15) is 316 Å². The standard InChI is InChI=1S/C57H111NO5/c1-3-5-7-9-11-13-15-17-18-23-27-31-35-39-43-47-51-57(62)63-52-48-44-40-36-32-28-24-21-19-20-22-26-30-34-38-42-46-50-56(61)58-54(53-59)55(60)49-45-41-37-33-29-25-16-14-12-10-8-6-4-2/h45,49,54-55,59-60H,3-44,46-48,50-53H2,1-2H3,(H,58,61)/b49-45+. The number of carbonyl (C=O) groups excluding carboxylic acids is 2. The maximum atomic E-state index is 12.4. The molecule has 0 saturated carbocycles. The Labute approximate surface area is 393 Å². The van der Waals surface area contributed by atoms with E-state index in [1.165, 1.54) is 250 Å². The van der Waals surface area contributed by atoms with Gasteiger partial charge >= 0.3 is 5.97 Å². The van der Waals surface area contributed by atoms with E-state index in [0.717, 1.165) is 38.5 Å². The van der Waals surface area contributed by atoms with Gasteiger partial charge in [-0.3, -0.25) is 9.59 Å². The van der Waals surface area contributed by atoms with Gasteiger partial charge in [-0.25, -0.2) is 0 Å². The number of hydrogen-bond acceptors (Lipinski definition) is 5. The SMILES string of the molecule is CCCCCCCCCCCCC/C=C/C(O)C(CO)NC(=O)CCCCCCCCCCCCCCCCCCCOC(=O)CCCCCCCCCCCCCCCCCC. The van der Waals surface area contributed by atoms with Crippen molar-refractivity contribution in [1.82, 2.24) is 5.32 Å². The molecule has 374 valence electrons. The Kier molecular flexibility index (Phi) is 52.0. The lowest BCUT2D eigenvalue weighted by molar-refractivity contribution is -0.143. The number of ether oxygens (including phenoxy) is 1. The van der Waals surface area contributed by atoms with Crippen LogP contribution >= 0.6 is 0 Å². The van der Waals surface area contributed by atoms with E-state index in [2.05, 4.69) is 19.2 Å². The predicted molar refractivity (Wildman–Crippen MR) is 273 cm³/mol. The second-order valence-electron chi connectivity index (χ2n) is 19.6. The predicted octanol–water partition coefficient (Wildman–Crippen LogP) is 17.3. The monoisotopic (exact) mass is 890 g/mol. The van der Waals surface area contributed by atoms with Crippen molar-refractivity contribution >= 4 is 11.9 Å². The highest BCUT2D eigenvalue weighted by atomic mass is 16.5. The van der Waals surface area contributed by atoms with Crippen LogP contribution in [0.3, 0.4) is 0 Å². The number of esters is 1. The molecule has 0 radical (unpaired) electrons. The third kappa shape index (κ3) is 49.9. The van der Waals surface area contributed by atoms with Gasteiger partial charge in [-0.2, -0.15) is 0 Å². The van der Waals surface area contributed by atoms with Crippen LogP contribution in [0.4, 0.5) is 0 Å². The molecule has 0 rings (SSSR count). The zero-order chi connectivity index (χ0) is 45.8. The minimum atomic E-state index is -0.846. The molecule has 6 nitrogen and oxygen atoms in total. The van der Waals surface area contributed by atoms with Gasteiger partial charge < -0.3 is 20.3 Å². The van der Waals surface area contributed by atoms with Gasteiger partial charge in [-0.1, -0.05) is 283 Å². The molecule has 6 heteroatoms. The van der Waals surface area contributed by atoms with Crippen LogP contribution in [0.5, 0.6) is 0 Å². The van der Waals surface area contributed by atoms with Gasteiger partial charge in [-0.05, 0) is 32.1 Å². The van der Waals surface area contributed by atoms with Crippen LogP contribution in [-0.4, -0.2) is 47.4 Å². The van der Waals surface area contributed by atoms with Gasteiger partial charge in [0, 0.05) is 12.8 Å². The quantitative estimate of drug-likeness (QED) is 0.0321. The lowest BCUT2D eigenvalue weighted by Crippen LogP contribution is -2.45. The second-order valence-corrected chi connectivity index (χ2v) is 19.6. The summed E-state index contributed by atoms with van der Waals surface area (Å²) in [5, 5.41) is 23.0. The van der Waals surface area contributed by atoms with Crippen LogP contribution < -0.4 is 5.32 Å². The number of unbranched alkanes of at least 4 members (excludes halogenated alkanes) is 42. The second kappa shape index (κ2) is 53.2. The zero-order valence-corrected chi connectivity index (χ0v) is 42.6. The van der Waals surface area contributed by atoms with Crippen molar-refractivity contribution in [2.75, 3.05) is 13.2 Å².